The topological polar surface area (TPSA) is 66.0 Å². The second-order valence-electron chi connectivity index (χ2n) is 5.97. The van der Waals surface area contributed by atoms with Crippen LogP contribution in [-0.4, -0.2) is 15.8 Å². The Hall–Kier alpha value is -2.38. The number of pyridine rings is 1. The van der Waals surface area contributed by atoms with Crippen LogP contribution in [0.4, 0.5) is 0 Å². The Kier molecular flexibility index (Phi) is 2.96. The molecule has 0 unspecified atom stereocenters. The zero-order chi connectivity index (χ0) is 15.2. The van der Waals surface area contributed by atoms with Crippen molar-refractivity contribution in [3.05, 3.63) is 69.6 Å². The summed E-state index contributed by atoms with van der Waals surface area (Å²) >= 11 is 0. The molecule has 2 atom stereocenters. The van der Waals surface area contributed by atoms with Crippen molar-refractivity contribution in [2.75, 3.05) is 0 Å². The molecule has 106 valence electrons. The first-order chi connectivity index (χ1) is 9.96. The van der Waals surface area contributed by atoms with Crippen molar-refractivity contribution in [1.82, 2.24) is 4.57 Å². The van der Waals surface area contributed by atoms with E-state index in [1.54, 1.807) is 35.0 Å². The minimum Gasteiger partial charge on any atom is -0.390 e. The summed E-state index contributed by atoms with van der Waals surface area (Å²) in [7, 11) is 0. The molecule has 0 aliphatic heterocycles. The molecule has 1 aromatic carbocycles. The Balaban J connectivity index is 2.27. The maximum absolute atomic E-state index is 12.1. The molecule has 0 bridgehead atoms. The fourth-order valence-corrected chi connectivity index (χ4v) is 3.16. The molecule has 21 heavy (non-hydrogen) atoms. The number of hydrogen-bond acceptors (Lipinski definition) is 3. The van der Waals surface area contributed by atoms with E-state index in [0.29, 0.717) is 5.56 Å². The van der Waals surface area contributed by atoms with Gasteiger partial charge in [0.05, 0.1) is 23.8 Å². The van der Waals surface area contributed by atoms with Crippen LogP contribution < -0.4 is 5.56 Å². The molecule has 0 saturated carbocycles. The maximum Gasteiger partial charge on any atom is 0.251 e. The number of nitrogens with zero attached hydrogens (tertiary/aromatic N) is 2. The van der Waals surface area contributed by atoms with Gasteiger partial charge < -0.3 is 9.67 Å². The Bertz CT molecular complexity index is 799. The molecule has 3 rings (SSSR count). The van der Waals surface area contributed by atoms with E-state index in [2.05, 4.69) is 6.07 Å². The quantitative estimate of drug-likeness (QED) is 0.868. The predicted octanol–water partition coefficient (Wildman–Crippen LogP) is 1.96. The van der Waals surface area contributed by atoms with Gasteiger partial charge in [-0.1, -0.05) is 26.0 Å². The van der Waals surface area contributed by atoms with Crippen molar-refractivity contribution < 1.29 is 5.11 Å². The molecule has 0 radical (unpaired) electrons. The van der Waals surface area contributed by atoms with Crippen LogP contribution in [0.25, 0.3) is 0 Å². The van der Waals surface area contributed by atoms with Crippen LogP contribution in [0.15, 0.2) is 47.4 Å². The normalized spacial score (nSPS) is 22.6. The maximum atomic E-state index is 12.1. The first-order valence-electron chi connectivity index (χ1n) is 6.86. The van der Waals surface area contributed by atoms with Gasteiger partial charge in [-0.3, -0.25) is 4.79 Å². The predicted molar refractivity (Wildman–Crippen MR) is 79.0 cm³/mol. The van der Waals surface area contributed by atoms with Gasteiger partial charge in [-0.05, 0) is 29.3 Å². The van der Waals surface area contributed by atoms with Crippen LogP contribution in [0, 0.1) is 11.3 Å². The molecule has 0 fully saturated rings. The number of rotatable bonds is 1. The van der Waals surface area contributed by atoms with Gasteiger partial charge in [0.1, 0.15) is 0 Å². The summed E-state index contributed by atoms with van der Waals surface area (Å²) < 4.78 is 1.54. The van der Waals surface area contributed by atoms with Crippen LogP contribution in [0.1, 0.15) is 36.6 Å². The number of nitriles is 1. The highest BCUT2D eigenvalue weighted by Crippen LogP contribution is 2.46. The van der Waals surface area contributed by atoms with Gasteiger partial charge in [0.25, 0.3) is 5.56 Å². The molecular formula is C17H16N2O2. The zero-order valence-electron chi connectivity index (χ0n) is 11.9. The molecule has 1 heterocycles. The highest BCUT2D eigenvalue weighted by Gasteiger charge is 2.46. The third-order valence-corrected chi connectivity index (χ3v) is 4.38. The summed E-state index contributed by atoms with van der Waals surface area (Å²) in [6, 6.07) is 12.0. The fraction of sp³-hybridized carbons (Fsp3) is 0.294. The summed E-state index contributed by atoms with van der Waals surface area (Å²) in [6.07, 6.45) is 0.960. The second kappa shape index (κ2) is 4.57. The first-order valence-corrected chi connectivity index (χ1v) is 6.86. The molecule has 2 aromatic rings. The fourth-order valence-electron chi connectivity index (χ4n) is 3.16. The Morgan fingerprint density at radius 2 is 2.05 bits per heavy atom. The highest BCUT2D eigenvalue weighted by molar-refractivity contribution is 5.48. The Morgan fingerprint density at radius 3 is 2.71 bits per heavy atom. The summed E-state index contributed by atoms with van der Waals surface area (Å²) in [4.78, 5) is 12.1. The van der Waals surface area contributed by atoms with Gasteiger partial charge >= 0.3 is 0 Å². The van der Waals surface area contributed by atoms with E-state index in [4.69, 9.17) is 5.26 Å². The molecule has 0 amide bonds. The number of benzene rings is 1. The van der Waals surface area contributed by atoms with E-state index in [-0.39, 0.29) is 5.56 Å². The number of hydrogen-bond donors (Lipinski definition) is 1. The first kappa shape index (κ1) is 13.6. The van der Waals surface area contributed by atoms with Gasteiger partial charge in [-0.15, -0.1) is 0 Å². The standard InChI is InChI=1S/C17H16N2O2/c1-17(2)13-7-6-11(10-18)9-12(13)15(16(17)21)19-8-4-3-5-14(19)20/h3-9,15-16,21H,1-2H3/t15-,16+/m0/s1. The zero-order valence-corrected chi connectivity index (χ0v) is 11.9. The lowest BCUT2D eigenvalue weighted by Gasteiger charge is -2.27. The summed E-state index contributed by atoms with van der Waals surface area (Å²) in [5, 5.41) is 19.8. The van der Waals surface area contributed by atoms with Crippen LogP contribution >= 0.6 is 0 Å². The van der Waals surface area contributed by atoms with Crippen molar-refractivity contribution in [2.24, 2.45) is 0 Å². The third kappa shape index (κ3) is 1.90. The van der Waals surface area contributed by atoms with Crippen molar-refractivity contribution in [1.29, 1.82) is 5.26 Å². The molecule has 1 aromatic heterocycles. The highest BCUT2D eigenvalue weighted by atomic mass is 16.3. The lowest BCUT2D eigenvalue weighted by Crippen LogP contribution is -2.37. The van der Waals surface area contributed by atoms with Gasteiger partial charge in [0.2, 0.25) is 0 Å². The van der Waals surface area contributed by atoms with Crippen LogP contribution in [-0.2, 0) is 5.41 Å². The van der Waals surface area contributed by atoms with E-state index in [1.165, 1.54) is 6.07 Å². The van der Waals surface area contributed by atoms with Gasteiger partial charge in [0.15, 0.2) is 0 Å². The van der Waals surface area contributed by atoms with Crippen molar-refractivity contribution in [2.45, 2.75) is 31.4 Å². The molecule has 1 aliphatic carbocycles. The number of aliphatic hydroxyl groups excluding tert-OH is 1. The van der Waals surface area contributed by atoms with Crippen LogP contribution in [0.2, 0.25) is 0 Å². The lowest BCUT2D eigenvalue weighted by atomic mass is 9.84. The largest absolute Gasteiger partial charge is 0.390 e. The van der Waals surface area contributed by atoms with E-state index in [0.717, 1.165) is 11.1 Å². The smallest absolute Gasteiger partial charge is 0.251 e. The molecular weight excluding hydrogens is 264 g/mol. The molecule has 1 N–H and O–H groups in total. The minimum atomic E-state index is -0.721. The SMILES string of the molecule is CC1(C)c2ccc(C#N)cc2[C@H](n2ccccc2=O)[C@H]1O. The van der Waals surface area contributed by atoms with Gasteiger partial charge in [-0.25, -0.2) is 0 Å². The molecule has 1 aliphatic rings. The van der Waals surface area contributed by atoms with Crippen molar-refractivity contribution >= 4 is 0 Å². The molecule has 4 nitrogen and oxygen atoms in total. The van der Waals surface area contributed by atoms with Crippen molar-refractivity contribution in [3.63, 3.8) is 0 Å². The van der Waals surface area contributed by atoms with E-state index in [9.17, 15) is 9.90 Å². The molecule has 0 spiro atoms. The summed E-state index contributed by atoms with van der Waals surface area (Å²) in [5.74, 6) is 0. The Labute approximate surface area is 122 Å². The number of aromatic nitrogens is 1. The van der Waals surface area contributed by atoms with Crippen LogP contribution in [0.3, 0.4) is 0 Å². The second-order valence-corrected chi connectivity index (χ2v) is 5.97. The summed E-state index contributed by atoms with van der Waals surface area (Å²) in [5.41, 5.74) is 1.73. The summed E-state index contributed by atoms with van der Waals surface area (Å²) in [6.45, 7) is 3.91. The van der Waals surface area contributed by atoms with Crippen LogP contribution in [0.5, 0.6) is 0 Å². The van der Waals surface area contributed by atoms with Gasteiger partial charge in [-0.2, -0.15) is 5.26 Å². The van der Waals surface area contributed by atoms with E-state index < -0.39 is 17.6 Å². The van der Waals surface area contributed by atoms with Crippen molar-refractivity contribution in [3.8, 4) is 6.07 Å². The molecule has 4 heteroatoms. The lowest BCUT2D eigenvalue weighted by molar-refractivity contribution is 0.0799. The Morgan fingerprint density at radius 1 is 1.29 bits per heavy atom. The monoisotopic (exact) mass is 280 g/mol. The van der Waals surface area contributed by atoms with E-state index >= 15 is 0 Å². The molecule has 0 saturated heterocycles. The van der Waals surface area contributed by atoms with E-state index in [1.807, 2.05) is 19.9 Å². The average molecular weight is 280 g/mol. The number of fused-ring (bicyclic) bond motifs is 1. The minimum absolute atomic E-state index is 0.160. The third-order valence-electron chi connectivity index (χ3n) is 4.38. The number of aliphatic hydroxyl groups is 1. The average Bonchev–Trinajstić information content (AvgIpc) is 2.67. The van der Waals surface area contributed by atoms with Gasteiger partial charge in [0, 0.05) is 17.7 Å².